The second kappa shape index (κ2) is 15.3. The standard InChI is InChI=1S/C38H58/c1-5-9-10-11-33-26-27-38(28-32(33)8-4)37-24-22-36(23-25-37)35-20-16-30(17-21-35)13-12-29-14-18-34(19-15-29)31(6-2)7-3/h22-31,34-35H,5-21H2,1-4H3. The van der Waals surface area contributed by atoms with Crippen molar-refractivity contribution in [2.45, 2.75) is 143 Å². The van der Waals surface area contributed by atoms with Gasteiger partial charge in [-0.25, -0.2) is 0 Å². The van der Waals surface area contributed by atoms with Gasteiger partial charge in [0.05, 0.1) is 0 Å². The molecule has 0 saturated heterocycles. The Morgan fingerprint density at radius 1 is 0.632 bits per heavy atom. The number of benzene rings is 2. The highest BCUT2D eigenvalue weighted by Crippen LogP contribution is 2.41. The Kier molecular flexibility index (Phi) is 11.8. The van der Waals surface area contributed by atoms with E-state index in [2.05, 4.69) is 70.2 Å². The Balaban J connectivity index is 1.22. The lowest BCUT2D eigenvalue weighted by Gasteiger charge is -2.34. The molecular formula is C38H58. The van der Waals surface area contributed by atoms with Gasteiger partial charge in [0.15, 0.2) is 0 Å². The molecule has 2 fully saturated rings. The quantitative estimate of drug-likeness (QED) is 0.233. The molecule has 0 radical (unpaired) electrons. The lowest BCUT2D eigenvalue weighted by molar-refractivity contribution is 0.179. The summed E-state index contributed by atoms with van der Waals surface area (Å²) < 4.78 is 0. The first kappa shape index (κ1) is 29.4. The molecule has 210 valence electrons. The summed E-state index contributed by atoms with van der Waals surface area (Å²) in [6.45, 7) is 9.41. The van der Waals surface area contributed by atoms with Gasteiger partial charge in [-0.3, -0.25) is 0 Å². The summed E-state index contributed by atoms with van der Waals surface area (Å²) in [5.41, 5.74) is 7.47. The van der Waals surface area contributed by atoms with E-state index in [1.54, 1.807) is 16.7 Å². The fourth-order valence-corrected chi connectivity index (χ4v) is 8.05. The van der Waals surface area contributed by atoms with E-state index in [9.17, 15) is 0 Å². The van der Waals surface area contributed by atoms with Gasteiger partial charge >= 0.3 is 0 Å². The van der Waals surface area contributed by atoms with Crippen LogP contribution in [0.25, 0.3) is 11.1 Å². The molecule has 2 aromatic carbocycles. The normalized spacial score (nSPS) is 24.1. The van der Waals surface area contributed by atoms with Gasteiger partial charge in [-0.05, 0) is 115 Å². The van der Waals surface area contributed by atoms with Gasteiger partial charge in [-0.1, -0.05) is 122 Å². The molecule has 0 aliphatic heterocycles. The summed E-state index contributed by atoms with van der Waals surface area (Å²) in [6, 6.07) is 16.9. The van der Waals surface area contributed by atoms with Crippen LogP contribution in [-0.4, -0.2) is 0 Å². The zero-order valence-electron chi connectivity index (χ0n) is 25.4. The zero-order valence-corrected chi connectivity index (χ0v) is 25.4. The fourth-order valence-electron chi connectivity index (χ4n) is 8.05. The van der Waals surface area contributed by atoms with Gasteiger partial charge < -0.3 is 0 Å². The minimum atomic E-state index is 0.780. The molecule has 38 heavy (non-hydrogen) atoms. The summed E-state index contributed by atoms with van der Waals surface area (Å²) in [6.07, 6.45) is 23.9. The summed E-state index contributed by atoms with van der Waals surface area (Å²) in [4.78, 5) is 0. The fraction of sp³-hybridized carbons (Fsp3) is 0.684. The molecule has 0 bridgehead atoms. The Bertz CT molecular complexity index is 917. The molecule has 2 aliphatic rings. The van der Waals surface area contributed by atoms with Crippen LogP contribution >= 0.6 is 0 Å². The van der Waals surface area contributed by atoms with E-state index >= 15 is 0 Å². The van der Waals surface area contributed by atoms with Crippen LogP contribution in [-0.2, 0) is 12.8 Å². The second-order valence-electron chi connectivity index (χ2n) is 13.1. The molecule has 0 heteroatoms. The average molecular weight is 515 g/mol. The van der Waals surface area contributed by atoms with Crippen LogP contribution in [0, 0.1) is 23.7 Å². The van der Waals surface area contributed by atoms with Crippen LogP contribution in [0.5, 0.6) is 0 Å². The number of aryl methyl sites for hydroxylation is 2. The highest BCUT2D eigenvalue weighted by atomic mass is 14.3. The smallest absolute Gasteiger partial charge is 0.0162 e. The predicted octanol–water partition coefficient (Wildman–Crippen LogP) is 11.9. The Hall–Kier alpha value is -1.56. The van der Waals surface area contributed by atoms with Gasteiger partial charge in [0.1, 0.15) is 0 Å². The maximum Gasteiger partial charge on any atom is -0.0162 e. The van der Waals surface area contributed by atoms with Crippen molar-refractivity contribution in [1.82, 2.24) is 0 Å². The van der Waals surface area contributed by atoms with Crippen LogP contribution in [0.4, 0.5) is 0 Å². The highest BCUT2D eigenvalue weighted by molar-refractivity contribution is 5.65. The van der Waals surface area contributed by atoms with Gasteiger partial charge in [0, 0.05) is 0 Å². The van der Waals surface area contributed by atoms with E-state index in [4.69, 9.17) is 0 Å². The van der Waals surface area contributed by atoms with Crippen LogP contribution in [0.2, 0.25) is 0 Å². The molecular weight excluding hydrogens is 456 g/mol. The van der Waals surface area contributed by atoms with Crippen molar-refractivity contribution in [3.63, 3.8) is 0 Å². The van der Waals surface area contributed by atoms with Crippen molar-refractivity contribution in [3.05, 3.63) is 59.2 Å². The summed E-state index contributed by atoms with van der Waals surface area (Å²) in [5.74, 6) is 4.83. The molecule has 0 nitrogen and oxygen atoms in total. The van der Waals surface area contributed by atoms with Crippen molar-refractivity contribution in [1.29, 1.82) is 0 Å². The predicted molar refractivity (Wildman–Crippen MR) is 168 cm³/mol. The first-order valence-corrected chi connectivity index (χ1v) is 16.9. The van der Waals surface area contributed by atoms with Gasteiger partial charge in [-0.2, -0.15) is 0 Å². The molecule has 0 unspecified atom stereocenters. The monoisotopic (exact) mass is 514 g/mol. The Morgan fingerprint density at radius 2 is 1.24 bits per heavy atom. The summed E-state index contributed by atoms with van der Waals surface area (Å²) in [5, 5.41) is 0. The second-order valence-corrected chi connectivity index (χ2v) is 13.1. The van der Waals surface area contributed by atoms with Crippen molar-refractivity contribution < 1.29 is 0 Å². The lowest BCUT2D eigenvalue weighted by atomic mass is 9.71. The zero-order chi connectivity index (χ0) is 26.7. The Labute approximate surface area is 236 Å². The first-order valence-electron chi connectivity index (χ1n) is 16.9. The molecule has 0 amide bonds. The molecule has 0 aromatic heterocycles. The minimum Gasteiger partial charge on any atom is -0.0654 e. The summed E-state index contributed by atoms with van der Waals surface area (Å²) in [7, 11) is 0. The van der Waals surface area contributed by atoms with E-state index in [0.29, 0.717) is 0 Å². The Morgan fingerprint density at radius 3 is 1.82 bits per heavy atom. The number of hydrogen-bond acceptors (Lipinski definition) is 0. The topological polar surface area (TPSA) is 0 Å². The lowest BCUT2D eigenvalue weighted by Crippen LogP contribution is -2.22. The molecule has 0 heterocycles. The highest BCUT2D eigenvalue weighted by Gasteiger charge is 2.27. The van der Waals surface area contributed by atoms with Crippen molar-refractivity contribution in [2.75, 3.05) is 0 Å². The van der Waals surface area contributed by atoms with E-state index < -0.39 is 0 Å². The van der Waals surface area contributed by atoms with Gasteiger partial charge in [0.2, 0.25) is 0 Å². The number of hydrogen-bond donors (Lipinski definition) is 0. The largest absolute Gasteiger partial charge is 0.0654 e. The summed E-state index contributed by atoms with van der Waals surface area (Å²) >= 11 is 0. The molecule has 4 rings (SSSR count). The molecule has 0 N–H and O–H groups in total. The van der Waals surface area contributed by atoms with Crippen molar-refractivity contribution in [2.24, 2.45) is 23.7 Å². The van der Waals surface area contributed by atoms with E-state index in [-0.39, 0.29) is 0 Å². The van der Waals surface area contributed by atoms with E-state index in [1.807, 2.05) is 0 Å². The molecule has 0 spiro atoms. The van der Waals surface area contributed by atoms with Crippen molar-refractivity contribution >= 4 is 0 Å². The van der Waals surface area contributed by atoms with Gasteiger partial charge in [0.25, 0.3) is 0 Å². The number of unbranched alkanes of at least 4 members (excludes halogenated alkanes) is 2. The number of rotatable bonds is 13. The third-order valence-electron chi connectivity index (χ3n) is 10.8. The molecule has 2 saturated carbocycles. The van der Waals surface area contributed by atoms with Crippen LogP contribution in [0.1, 0.15) is 147 Å². The molecule has 2 aromatic rings. The molecule has 0 atom stereocenters. The third-order valence-corrected chi connectivity index (χ3v) is 10.8. The van der Waals surface area contributed by atoms with Gasteiger partial charge in [-0.15, -0.1) is 0 Å². The molecule has 2 aliphatic carbocycles. The average Bonchev–Trinajstić information content (AvgIpc) is 2.98. The SMILES string of the molecule is CCCCCc1ccc(-c2ccc(C3CCC(CCC4CCC(C(CC)CC)CC4)CC3)cc2)cc1CC. The van der Waals surface area contributed by atoms with E-state index in [0.717, 1.165) is 36.0 Å². The maximum absolute atomic E-state index is 2.46. The van der Waals surface area contributed by atoms with Crippen LogP contribution in [0.15, 0.2) is 42.5 Å². The van der Waals surface area contributed by atoms with E-state index in [1.165, 1.54) is 114 Å². The maximum atomic E-state index is 2.46. The van der Waals surface area contributed by atoms with Crippen molar-refractivity contribution in [3.8, 4) is 11.1 Å². The third kappa shape index (κ3) is 7.99. The van der Waals surface area contributed by atoms with Crippen LogP contribution < -0.4 is 0 Å². The van der Waals surface area contributed by atoms with Crippen LogP contribution in [0.3, 0.4) is 0 Å². The minimum absolute atomic E-state index is 0.780. The first-order chi connectivity index (χ1) is 18.6.